The molecule has 1 aliphatic heterocycles. The molecule has 1 aliphatic rings. The average molecular weight is 441 g/mol. The summed E-state index contributed by atoms with van der Waals surface area (Å²) in [5.74, 6) is -0.448. The van der Waals surface area contributed by atoms with Crippen LogP contribution in [0.1, 0.15) is 23.3 Å². The Morgan fingerprint density at radius 3 is 2.67 bits per heavy atom. The SMILES string of the molecule is O=C(Nc1ccccc1)[C@H]1CCCN(C(=O)c2csc(Nc3ccccc3Cl)n2)C1. The number of likely N-dealkylation sites (tertiary alicyclic amines) is 1. The lowest BCUT2D eigenvalue weighted by molar-refractivity contribution is -0.121. The number of rotatable bonds is 5. The van der Waals surface area contributed by atoms with Crippen molar-refractivity contribution in [2.24, 2.45) is 5.92 Å². The van der Waals surface area contributed by atoms with Crippen LogP contribution >= 0.6 is 22.9 Å². The van der Waals surface area contributed by atoms with E-state index in [1.807, 2.05) is 48.5 Å². The zero-order valence-electron chi connectivity index (χ0n) is 16.2. The van der Waals surface area contributed by atoms with Gasteiger partial charge < -0.3 is 15.5 Å². The van der Waals surface area contributed by atoms with Gasteiger partial charge in [-0.25, -0.2) is 4.98 Å². The number of para-hydroxylation sites is 2. The molecule has 0 spiro atoms. The number of benzene rings is 2. The molecule has 0 radical (unpaired) electrons. The van der Waals surface area contributed by atoms with E-state index in [-0.39, 0.29) is 17.7 Å². The average Bonchev–Trinajstić information content (AvgIpc) is 3.24. The van der Waals surface area contributed by atoms with Crippen LogP contribution in [-0.2, 0) is 4.79 Å². The van der Waals surface area contributed by atoms with Crippen molar-refractivity contribution in [2.75, 3.05) is 23.7 Å². The number of nitrogens with zero attached hydrogens (tertiary/aromatic N) is 2. The van der Waals surface area contributed by atoms with Gasteiger partial charge in [0.2, 0.25) is 5.91 Å². The third-order valence-electron chi connectivity index (χ3n) is 4.96. The lowest BCUT2D eigenvalue weighted by Crippen LogP contribution is -2.43. The standard InChI is InChI=1S/C22H21ClN4O2S/c23-17-10-4-5-11-18(17)25-22-26-19(14-30-22)21(29)27-12-6-7-15(13-27)20(28)24-16-8-2-1-3-9-16/h1-5,8-11,14-15H,6-7,12-13H2,(H,24,28)(H,25,26)/t15-/m0/s1. The van der Waals surface area contributed by atoms with Crippen molar-refractivity contribution in [3.63, 3.8) is 0 Å². The van der Waals surface area contributed by atoms with E-state index in [1.165, 1.54) is 11.3 Å². The van der Waals surface area contributed by atoms with Gasteiger partial charge in [-0.1, -0.05) is 41.9 Å². The van der Waals surface area contributed by atoms with E-state index in [2.05, 4.69) is 15.6 Å². The predicted octanol–water partition coefficient (Wildman–Crippen LogP) is 5.03. The number of carbonyl (C=O) groups excluding carboxylic acids is 2. The van der Waals surface area contributed by atoms with E-state index >= 15 is 0 Å². The van der Waals surface area contributed by atoms with Crippen LogP contribution < -0.4 is 10.6 Å². The minimum Gasteiger partial charge on any atom is -0.336 e. The summed E-state index contributed by atoms with van der Waals surface area (Å²) in [4.78, 5) is 31.7. The molecule has 8 heteroatoms. The van der Waals surface area contributed by atoms with E-state index in [4.69, 9.17) is 11.6 Å². The molecule has 30 heavy (non-hydrogen) atoms. The van der Waals surface area contributed by atoms with Crippen LogP contribution in [0.3, 0.4) is 0 Å². The van der Waals surface area contributed by atoms with Gasteiger partial charge in [0.1, 0.15) is 5.69 Å². The Bertz CT molecular complexity index is 1040. The van der Waals surface area contributed by atoms with E-state index in [1.54, 1.807) is 16.3 Å². The number of aromatic nitrogens is 1. The van der Waals surface area contributed by atoms with Crippen LogP contribution in [0.25, 0.3) is 0 Å². The first kappa shape index (κ1) is 20.4. The normalized spacial score (nSPS) is 16.2. The van der Waals surface area contributed by atoms with E-state index in [9.17, 15) is 9.59 Å². The second kappa shape index (κ2) is 9.28. The molecule has 2 amide bonds. The summed E-state index contributed by atoms with van der Waals surface area (Å²) in [5, 5.41) is 9.00. The van der Waals surface area contributed by atoms with Crippen molar-refractivity contribution in [3.8, 4) is 0 Å². The molecule has 0 saturated carbocycles. The lowest BCUT2D eigenvalue weighted by Gasteiger charge is -2.31. The first-order valence-corrected chi connectivity index (χ1v) is 11.0. The molecule has 154 valence electrons. The van der Waals surface area contributed by atoms with Crippen LogP contribution in [0.15, 0.2) is 60.0 Å². The van der Waals surface area contributed by atoms with Crippen LogP contribution in [0, 0.1) is 5.92 Å². The van der Waals surface area contributed by atoms with Gasteiger partial charge >= 0.3 is 0 Å². The maximum absolute atomic E-state index is 12.9. The van der Waals surface area contributed by atoms with Gasteiger partial charge in [-0.05, 0) is 37.1 Å². The number of nitrogens with one attached hydrogen (secondary N) is 2. The minimum absolute atomic E-state index is 0.0574. The molecule has 2 heterocycles. The molecule has 0 aliphatic carbocycles. The molecule has 4 rings (SSSR count). The van der Waals surface area contributed by atoms with E-state index < -0.39 is 0 Å². The van der Waals surface area contributed by atoms with Crippen LogP contribution in [0.5, 0.6) is 0 Å². The molecule has 0 bridgehead atoms. The van der Waals surface area contributed by atoms with Crippen LogP contribution in [0.4, 0.5) is 16.5 Å². The maximum atomic E-state index is 12.9. The van der Waals surface area contributed by atoms with E-state index in [0.717, 1.165) is 24.2 Å². The van der Waals surface area contributed by atoms with Crippen molar-refractivity contribution in [1.82, 2.24) is 9.88 Å². The first-order valence-electron chi connectivity index (χ1n) is 9.72. The molecule has 0 unspecified atom stereocenters. The quantitative estimate of drug-likeness (QED) is 0.583. The summed E-state index contributed by atoms with van der Waals surface area (Å²) in [6, 6.07) is 16.7. The van der Waals surface area contributed by atoms with E-state index in [0.29, 0.717) is 28.9 Å². The van der Waals surface area contributed by atoms with Gasteiger partial charge in [0.15, 0.2) is 5.13 Å². The summed E-state index contributed by atoms with van der Waals surface area (Å²) in [7, 11) is 0. The van der Waals surface area contributed by atoms with Crippen molar-refractivity contribution in [3.05, 3.63) is 70.7 Å². The Kier molecular flexibility index (Phi) is 6.30. The molecule has 6 nitrogen and oxygen atoms in total. The second-order valence-corrected chi connectivity index (χ2v) is 8.35. The summed E-state index contributed by atoms with van der Waals surface area (Å²) in [5.41, 5.74) is 1.88. The number of hydrogen-bond acceptors (Lipinski definition) is 5. The van der Waals surface area contributed by atoms with Crippen LogP contribution in [-0.4, -0.2) is 34.8 Å². The molecule has 2 N–H and O–H groups in total. The van der Waals surface area contributed by atoms with Crippen molar-refractivity contribution >= 4 is 51.3 Å². The zero-order chi connectivity index (χ0) is 20.9. The predicted molar refractivity (Wildman–Crippen MR) is 121 cm³/mol. The zero-order valence-corrected chi connectivity index (χ0v) is 17.7. The van der Waals surface area contributed by atoms with Gasteiger partial charge in [0.05, 0.1) is 16.6 Å². The Hall–Kier alpha value is -2.90. The summed E-state index contributed by atoms with van der Waals surface area (Å²) in [6.07, 6.45) is 1.55. The van der Waals surface area contributed by atoms with Gasteiger partial charge in [-0.2, -0.15) is 0 Å². The molecule has 1 aromatic heterocycles. The molecule has 1 fully saturated rings. The lowest BCUT2D eigenvalue weighted by atomic mass is 9.96. The van der Waals surface area contributed by atoms with Crippen molar-refractivity contribution in [1.29, 1.82) is 0 Å². The molecule has 3 aromatic rings. The molecular formula is C22H21ClN4O2S. The Labute approximate surface area is 183 Å². The fraction of sp³-hybridized carbons (Fsp3) is 0.227. The van der Waals surface area contributed by atoms with Gasteiger partial charge in [0.25, 0.3) is 5.91 Å². The molecular weight excluding hydrogens is 420 g/mol. The fourth-order valence-corrected chi connectivity index (χ4v) is 4.29. The molecule has 2 aromatic carbocycles. The summed E-state index contributed by atoms with van der Waals surface area (Å²) >= 11 is 7.52. The summed E-state index contributed by atoms with van der Waals surface area (Å²) in [6.45, 7) is 1.01. The monoisotopic (exact) mass is 440 g/mol. The minimum atomic E-state index is -0.234. The van der Waals surface area contributed by atoms with Crippen molar-refractivity contribution in [2.45, 2.75) is 12.8 Å². The fourth-order valence-electron chi connectivity index (χ4n) is 3.41. The first-order chi connectivity index (χ1) is 14.6. The number of halogens is 1. The summed E-state index contributed by atoms with van der Waals surface area (Å²) < 4.78 is 0. The van der Waals surface area contributed by atoms with Gasteiger partial charge in [0, 0.05) is 24.2 Å². The number of piperidine rings is 1. The van der Waals surface area contributed by atoms with Gasteiger partial charge in [-0.15, -0.1) is 11.3 Å². The Morgan fingerprint density at radius 2 is 1.87 bits per heavy atom. The highest BCUT2D eigenvalue weighted by Gasteiger charge is 2.30. The highest BCUT2D eigenvalue weighted by Crippen LogP contribution is 2.28. The number of thiazole rings is 1. The second-order valence-electron chi connectivity index (χ2n) is 7.09. The smallest absolute Gasteiger partial charge is 0.273 e. The third kappa shape index (κ3) is 4.80. The molecule has 1 saturated heterocycles. The number of hydrogen-bond donors (Lipinski definition) is 2. The van der Waals surface area contributed by atoms with Crippen LogP contribution in [0.2, 0.25) is 5.02 Å². The largest absolute Gasteiger partial charge is 0.336 e. The third-order valence-corrected chi connectivity index (χ3v) is 6.05. The number of carbonyl (C=O) groups is 2. The van der Waals surface area contributed by atoms with Gasteiger partial charge in [-0.3, -0.25) is 9.59 Å². The topological polar surface area (TPSA) is 74.3 Å². The Balaban J connectivity index is 1.39. The highest BCUT2D eigenvalue weighted by molar-refractivity contribution is 7.14. The number of amides is 2. The Morgan fingerprint density at radius 1 is 1.10 bits per heavy atom. The van der Waals surface area contributed by atoms with Crippen molar-refractivity contribution < 1.29 is 9.59 Å². The number of anilines is 3. The maximum Gasteiger partial charge on any atom is 0.273 e. The molecule has 1 atom stereocenters. The highest BCUT2D eigenvalue weighted by atomic mass is 35.5.